The van der Waals surface area contributed by atoms with Crippen molar-refractivity contribution in [3.05, 3.63) is 107 Å². The number of rotatable bonds is 4. The summed E-state index contributed by atoms with van der Waals surface area (Å²) in [5.74, 6) is 0.143. The van der Waals surface area contributed by atoms with E-state index < -0.39 is 0 Å². The second-order valence-electron chi connectivity index (χ2n) is 7.01. The van der Waals surface area contributed by atoms with Crippen molar-refractivity contribution >= 4 is 28.6 Å². The van der Waals surface area contributed by atoms with Crippen molar-refractivity contribution in [3.63, 3.8) is 0 Å². The molecule has 0 unspecified atom stereocenters. The molecule has 4 rings (SSSR count). The van der Waals surface area contributed by atoms with Gasteiger partial charge in [0.15, 0.2) is 0 Å². The van der Waals surface area contributed by atoms with Crippen molar-refractivity contribution in [2.45, 2.75) is 13.8 Å². The summed E-state index contributed by atoms with van der Waals surface area (Å²) >= 11 is 0. The van der Waals surface area contributed by atoms with Gasteiger partial charge in [0.2, 0.25) is 0 Å². The predicted molar refractivity (Wildman–Crippen MR) is 119 cm³/mol. The van der Waals surface area contributed by atoms with Gasteiger partial charge in [-0.2, -0.15) is 0 Å². The zero-order valence-electron chi connectivity index (χ0n) is 16.4. The van der Waals surface area contributed by atoms with Gasteiger partial charge in [0.25, 0.3) is 0 Å². The molecule has 0 aromatic heterocycles. The molecule has 0 amide bonds. The van der Waals surface area contributed by atoms with Gasteiger partial charge in [-0.05, 0) is 83.8 Å². The van der Waals surface area contributed by atoms with Crippen LogP contribution >= 0.6 is 0 Å². The van der Waals surface area contributed by atoms with Gasteiger partial charge in [-0.3, -0.25) is 4.99 Å². The van der Waals surface area contributed by atoms with Gasteiger partial charge >= 0.3 is 5.97 Å². The fourth-order valence-corrected chi connectivity index (χ4v) is 3.14. The number of nitrogens with zero attached hydrogens (tertiary/aromatic N) is 1. The average molecular weight is 379 g/mol. The number of fused-ring (bicyclic) bond motifs is 1. The van der Waals surface area contributed by atoms with Crippen molar-refractivity contribution in [1.82, 2.24) is 0 Å². The molecule has 0 fully saturated rings. The molecule has 0 aliphatic carbocycles. The van der Waals surface area contributed by atoms with E-state index in [9.17, 15) is 4.79 Å². The quantitative estimate of drug-likeness (QED) is 0.233. The van der Waals surface area contributed by atoms with Crippen molar-refractivity contribution in [3.8, 4) is 5.75 Å². The number of benzene rings is 4. The van der Waals surface area contributed by atoms with Crippen LogP contribution in [0.2, 0.25) is 0 Å². The molecule has 4 aromatic carbocycles. The first-order valence-corrected chi connectivity index (χ1v) is 9.51. The Kier molecular flexibility index (Phi) is 5.21. The first-order valence-electron chi connectivity index (χ1n) is 9.51. The topological polar surface area (TPSA) is 38.7 Å². The van der Waals surface area contributed by atoms with Crippen LogP contribution in [0.5, 0.6) is 5.75 Å². The van der Waals surface area contributed by atoms with E-state index in [2.05, 4.69) is 31.0 Å². The minimum absolute atomic E-state index is 0.363. The number of esters is 1. The first kappa shape index (κ1) is 18.6. The van der Waals surface area contributed by atoms with Gasteiger partial charge in [0.05, 0.1) is 11.3 Å². The van der Waals surface area contributed by atoms with E-state index in [1.807, 2.05) is 54.6 Å². The maximum Gasteiger partial charge on any atom is 0.344 e. The van der Waals surface area contributed by atoms with Crippen molar-refractivity contribution < 1.29 is 9.53 Å². The highest BCUT2D eigenvalue weighted by atomic mass is 16.5. The van der Waals surface area contributed by atoms with Crippen LogP contribution < -0.4 is 4.74 Å². The van der Waals surface area contributed by atoms with E-state index >= 15 is 0 Å². The lowest BCUT2D eigenvalue weighted by Gasteiger charge is -2.07. The van der Waals surface area contributed by atoms with E-state index in [4.69, 9.17) is 4.74 Å². The Labute approximate surface area is 170 Å². The van der Waals surface area contributed by atoms with E-state index in [0.29, 0.717) is 11.3 Å². The molecule has 0 aliphatic heterocycles. The molecular formula is C26H21NO2. The molecule has 0 spiro atoms. The zero-order chi connectivity index (χ0) is 20.2. The van der Waals surface area contributed by atoms with Gasteiger partial charge in [-0.25, -0.2) is 4.79 Å². The Morgan fingerprint density at radius 1 is 0.828 bits per heavy atom. The molecule has 0 saturated heterocycles. The monoisotopic (exact) mass is 379 g/mol. The van der Waals surface area contributed by atoms with Crippen LogP contribution in [-0.4, -0.2) is 12.2 Å². The maximum atomic E-state index is 12.6. The SMILES string of the molecule is Cc1ccc(N=Cc2ccc(OC(=O)c3cccc4ccccc34)cc2)cc1C. The molecule has 29 heavy (non-hydrogen) atoms. The molecule has 4 aromatic rings. The van der Waals surface area contributed by atoms with Crippen molar-refractivity contribution in [1.29, 1.82) is 0 Å². The van der Waals surface area contributed by atoms with Crippen LogP contribution in [0, 0.1) is 13.8 Å². The highest BCUT2D eigenvalue weighted by Crippen LogP contribution is 2.21. The second kappa shape index (κ2) is 8.11. The summed E-state index contributed by atoms with van der Waals surface area (Å²) in [6.45, 7) is 4.16. The Balaban J connectivity index is 1.48. The Bertz CT molecular complexity index is 1200. The number of hydrogen-bond acceptors (Lipinski definition) is 3. The number of carbonyl (C=O) groups is 1. The van der Waals surface area contributed by atoms with Crippen molar-refractivity contribution in [2.75, 3.05) is 0 Å². The molecule has 0 N–H and O–H groups in total. The molecule has 0 atom stereocenters. The van der Waals surface area contributed by atoms with E-state index in [1.165, 1.54) is 11.1 Å². The van der Waals surface area contributed by atoms with E-state index in [0.717, 1.165) is 22.0 Å². The second-order valence-corrected chi connectivity index (χ2v) is 7.01. The Morgan fingerprint density at radius 2 is 1.59 bits per heavy atom. The van der Waals surface area contributed by atoms with E-state index in [-0.39, 0.29) is 5.97 Å². The molecule has 0 radical (unpaired) electrons. The lowest BCUT2D eigenvalue weighted by atomic mass is 10.0. The van der Waals surface area contributed by atoms with Crippen LogP contribution in [0.3, 0.4) is 0 Å². The van der Waals surface area contributed by atoms with Crippen LogP contribution in [0.1, 0.15) is 27.0 Å². The lowest BCUT2D eigenvalue weighted by Crippen LogP contribution is -2.09. The third kappa shape index (κ3) is 4.25. The molecule has 0 heterocycles. The van der Waals surface area contributed by atoms with Gasteiger partial charge < -0.3 is 4.74 Å². The first-order chi connectivity index (χ1) is 14.1. The van der Waals surface area contributed by atoms with Crippen molar-refractivity contribution in [2.24, 2.45) is 4.99 Å². The molecule has 3 nitrogen and oxygen atoms in total. The highest BCUT2D eigenvalue weighted by Gasteiger charge is 2.12. The van der Waals surface area contributed by atoms with Crippen LogP contribution in [-0.2, 0) is 0 Å². The van der Waals surface area contributed by atoms with Crippen LogP contribution in [0.15, 0.2) is 89.9 Å². The molecule has 0 aliphatic rings. The van der Waals surface area contributed by atoms with E-state index in [1.54, 1.807) is 24.4 Å². The maximum absolute atomic E-state index is 12.6. The number of hydrogen-bond donors (Lipinski definition) is 0. The Hall–Kier alpha value is -3.72. The summed E-state index contributed by atoms with van der Waals surface area (Å²) in [6, 6.07) is 26.9. The minimum Gasteiger partial charge on any atom is -0.423 e. The summed E-state index contributed by atoms with van der Waals surface area (Å²) < 4.78 is 5.57. The van der Waals surface area contributed by atoms with Gasteiger partial charge in [0, 0.05) is 6.21 Å². The third-order valence-corrected chi connectivity index (χ3v) is 4.95. The number of aliphatic imine (C=N–C) groups is 1. The zero-order valence-corrected chi connectivity index (χ0v) is 16.4. The molecular weight excluding hydrogens is 358 g/mol. The van der Waals surface area contributed by atoms with Crippen LogP contribution in [0.4, 0.5) is 5.69 Å². The lowest BCUT2D eigenvalue weighted by molar-refractivity contribution is 0.0737. The molecule has 3 heteroatoms. The summed E-state index contributed by atoms with van der Waals surface area (Å²) in [6.07, 6.45) is 1.81. The average Bonchev–Trinajstić information content (AvgIpc) is 2.75. The summed E-state index contributed by atoms with van der Waals surface area (Å²) in [7, 11) is 0. The molecule has 0 saturated carbocycles. The number of aryl methyl sites for hydroxylation is 2. The van der Waals surface area contributed by atoms with Gasteiger partial charge in [0.1, 0.15) is 5.75 Å². The standard InChI is InChI=1S/C26H21NO2/c1-18-10-13-22(16-19(18)2)27-17-20-11-14-23(15-12-20)29-26(28)25-9-5-7-21-6-3-4-8-24(21)25/h3-17H,1-2H3. The van der Waals surface area contributed by atoms with Crippen LogP contribution in [0.25, 0.3) is 10.8 Å². The Morgan fingerprint density at radius 3 is 2.38 bits per heavy atom. The normalized spacial score (nSPS) is 11.1. The number of carbonyl (C=O) groups excluding carboxylic acids is 1. The third-order valence-electron chi connectivity index (χ3n) is 4.95. The summed E-state index contributed by atoms with van der Waals surface area (Å²) in [5, 5.41) is 1.90. The molecule has 142 valence electrons. The highest BCUT2D eigenvalue weighted by molar-refractivity contribution is 6.05. The fourth-order valence-electron chi connectivity index (χ4n) is 3.14. The van der Waals surface area contributed by atoms with Gasteiger partial charge in [-0.15, -0.1) is 0 Å². The number of ether oxygens (including phenoxy) is 1. The fraction of sp³-hybridized carbons (Fsp3) is 0.0769. The minimum atomic E-state index is -0.363. The van der Waals surface area contributed by atoms with Gasteiger partial charge in [-0.1, -0.05) is 42.5 Å². The predicted octanol–water partition coefficient (Wildman–Crippen LogP) is 6.43. The largest absolute Gasteiger partial charge is 0.423 e. The summed E-state index contributed by atoms with van der Waals surface area (Å²) in [4.78, 5) is 17.2. The molecule has 0 bridgehead atoms. The smallest absolute Gasteiger partial charge is 0.344 e. The summed E-state index contributed by atoms with van der Waals surface area (Å²) in [5.41, 5.74) is 4.88.